The molecule has 0 N–H and O–H groups in total. The highest BCUT2D eigenvalue weighted by Gasteiger charge is 2.46. The Bertz CT molecular complexity index is 847. The van der Waals surface area contributed by atoms with Crippen LogP contribution < -0.4 is 0 Å². The second kappa shape index (κ2) is 8.39. The lowest BCUT2D eigenvalue weighted by atomic mass is 10.1. The number of hydrogen-bond acceptors (Lipinski definition) is 3. The van der Waals surface area contributed by atoms with Crippen LogP contribution in [0.3, 0.4) is 0 Å². The Labute approximate surface area is 170 Å². The van der Waals surface area contributed by atoms with Crippen molar-refractivity contribution in [2.75, 3.05) is 31.9 Å². The average Bonchev–Trinajstić information content (AvgIpc) is 3.55. The molecule has 2 amide bonds. The molecule has 146 valence electrons. The fourth-order valence-electron chi connectivity index (χ4n) is 4.00. The van der Waals surface area contributed by atoms with Gasteiger partial charge in [-0.25, -0.2) is 0 Å². The first-order valence-electron chi connectivity index (χ1n) is 10.0. The summed E-state index contributed by atoms with van der Waals surface area (Å²) < 4.78 is 0. The van der Waals surface area contributed by atoms with Gasteiger partial charge in [-0.2, -0.15) is 0 Å². The van der Waals surface area contributed by atoms with Gasteiger partial charge < -0.3 is 9.80 Å². The van der Waals surface area contributed by atoms with Gasteiger partial charge in [0.15, 0.2) is 0 Å². The molecule has 2 aromatic rings. The van der Waals surface area contributed by atoms with E-state index in [1.54, 1.807) is 11.8 Å². The number of thioether (sulfide) groups is 1. The number of rotatable bonds is 5. The monoisotopic (exact) mass is 394 g/mol. The molecule has 2 fully saturated rings. The number of amides is 2. The molecular weight excluding hydrogens is 368 g/mol. The third-order valence-corrected chi connectivity index (χ3v) is 6.59. The summed E-state index contributed by atoms with van der Waals surface area (Å²) in [4.78, 5) is 30.7. The molecule has 0 unspecified atom stereocenters. The molecule has 1 saturated heterocycles. The first-order valence-corrected chi connectivity index (χ1v) is 11.0. The molecule has 0 bridgehead atoms. The number of benzene rings is 2. The van der Waals surface area contributed by atoms with Crippen LogP contribution in [0.2, 0.25) is 0 Å². The van der Waals surface area contributed by atoms with Gasteiger partial charge in [-0.1, -0.05) is 49.4 Å². The van der Waals surface area contributed by atoms with Crippen LogP contribution in [0.25, 0.3) is 0 Å². The molecule has 2 aromatic carbocycles. The van der Waals surface area contributed by atoms with Crippen LogP contribution in [0.4, 0.5) is 0 Å². The first kappa shape index (κ1) is 19.1. The molecular formula is C23H26N2O2S. The maximum atomic E-state index is 13.0. The number of nitrogens with zero attached hydrogens (tertiary/aromatic N) is 2. The van der Waals surface area contributed by atoms with Crippen molar-refractivity contribution in [3.63, 3.8) is 0 Å². The molecule has 5 heteroatoms. The quantitative estimate of drug-likeness (QED) is 0.723. The fraction of sp³-hybridized carbons (Fsp3) is 0.391. The van der Waals surface area contributed by atoms with E-state index in [1.807, 2.05) is 52.3 Å². The number of hydrogen-bond donors (Lipinski definition) is 0. The Kier molecular flexibility index (Phi) is 5.72. The van der Waals surface area contributed by atoms with Gasteiger partial charge >= 0.3 is 0 Å². The summed E-state index contributed by atoms with van der Waals surface area (Å²) >= 11 is 1.70. The molecule has 4 rings (SSSR count). The van der Waals surface area contributed by atoms with Crippen LogP contribution >= 0.6 is 11.8 Å². The molecule has 1 aliphatic carbocycles. The van der Waals surface area contributed by atoms with E-state index in [1.165, 1.54) is 5.56 Å². The van der Waals surface area contributed by atoms with Crippen molar-refractivity contribution in [1.82, 2.24) is 9.80 Å². The highest BCUT2D eigenvalue weighted by atomic mass is 32.2. The zero-order chi connectivity index (χ0) is 19.5. The van der Waals surface area contributed by atoms with Gasteiger partial charge in [0.2, 0.25) is 5.91 Å². The summed E-state index contributed by atoms with van der Waals surface area (Å²) in [5.41, 5.74) is 2.04. The summed E-state index contributed by atoms with van der Waals surface area (Å²) in [6.07, 6.45) is 0.948. The predicted molar refractivity (Wildman–Crippen MR) is 113 cm³/mol. The van der Waals surface area contributed by atoms with Gasteiger partial charge in [0.05, 0.1) is 5.56 Å². The number of piperazine rings is 1. The smallest absolute Gasteiger partial charge is 0.255 e. The van der Waals surface area contributed by atoms with Crippen molar-refractivity contribution in [1.29, 1.82) is 0 Å². The van der Waals surface area contributed by atoms with Gasteiger partial charge in [0.1, 0.15) is 0 Å². The van der Waals surface area contributed by atoms with Crippen LogP contribution in [-0.4, -0.2) is 53.5 Å². The Hall–Kier alpha value is -2.27. The Morgan fingerprint density at radius 1 is 0.929 bits per heavy atom. The third-order valence-electron chi connectivity index (χ3n) is 5.63. The molecule has 1 aliphatic heterocycles. The lowest BCUT2D eigenvalue weighted by Crippen LogP contribution is -2.51. The van der Waals surface area contributed by atoms with E-state index in [2.05, 4.69) is 19.1 Å². The van der Waals surface area contributed by atoms with E-state index in [0.717, 1.165) is 22.6 Å². The zero-order valence-electron chi connectivity index (χ0n) is 16.2. The third kappa shape index (κ3) is 3.95. The van der Waals surface area contributed by atoms with Gasteiger partial charge in [0.25, 0.3) is 5.91 Å². The van der Waals surface area contributed by atoms with Crippen molar-refractivity contribution in [3.05, 3.63) is 65.7 Å². The van der Waals surface area contributed by atoms with Crippen LogP contribution in [-0.2, 0) is 4.79 Å². The minimum absolute atomic E-state index is 0.0808. The van der Waals surface area contributed by atoms with E-state index in [4.69, 9.17) is 0 Å². The number of carbonyl (C=O) groups excluding carboxylic acids is 2. The topological polar surface area (TPSA) is 40.6 Å². The van der Waals surface area contributed by atoms with Crippen molar-refractivity contribution in [2.45, 2.75) is 24.2 Å². The normalized spacial score (nSPS) is 21.5. The molecule has 1 heterocycles. The SMILES string of the molecule is CCSc1ccccc1C(=O)N1CCN(C(=O)[C@@H]2C[C@@H]2c2ccccc2)CC1. The van der Waals surface area contributed by atoms with E-state index in [-0.39, 0.29) is 17.7 Å². The molecule has 1 saturated carbocycles. The maximum absolute atomic E-state index is 13.0. The average molecular weight is 395 g/mol. The second-order valence-corrected chi connectivity index (χ2v) is 8.71. The Balaban J connectivity index is 1.34. The van der Waals surface area contributed by atoms with Crippen LogP contribution in [0.15, 0.2) is 59.5 Å². The fourth-order valence-corrected chi connectivity index (χ4v) is 4.79. The van der Waals surface area contributed by atoms with E-state index >= 15 is 0 Å². The van der Waals surface area contributed by atoms with E-state index in [0.29, 0.717) is 32.1 Å². The minimum atomic E-state index is 0.0808. The molecule has 4 nitrogen and oxygen atoms in total. The first-order chi connectivity index (χ1) is 13.7. The highest BCUT2D eigenvalue weighted by Crippen LogP contribution is 2.48. The van der Waals surface area contributed by atoms with Crippen LogP contribution in [0.5, 0.6) is 0 Å². The minimum Gasteiger partial charge on any atom is -0.339 e. The van der Waals surface area contributed by atoms with Gasteiger partial charge in [0, 0.05) is 37.0 Å². The molecule has 0 spiro atoms. The summed E-state index contributed by atoms with van der Waals surface area (Å²) in [7, 11) is 0. The van der Waals surface area contributed by atoms with Gasteiger partial charge in [-0.15, -0.1) is 11.8 Å². The van der Waals surface area contributed by atoms with Gasteiger partial charge in [-0.3, -0.25) is 9.59 Å². The molecule has 2 atom stereocenters. The summed E-state index contributed by atoms with van der Waals surface area (Å²) in [6, 6.07) is 18.1. The summed E-state index contributed by atoms with van der Waals surface area (Å²) in [6.45, 7) is 4.57. The largest absolute Gasteiger partial charge is 0.339 e. The van der Waals surface area contributed by atoms with Crippen molar-refractivity contribution < 1.29 is 9.59 Å². The second-order valence-electron chi connectivity index (χ2n) is 7.41. The van der Waals surface area contributed by atoms with Crippen molar-refractivity contribution >= 4 is 23.6 Å². The highest BCUT2D eigenvalue weighted by molar-refractivity contribution is 7.99. The van der Waals surface area contributed by atoms with Gasteiger partial charge in [-0.05, 0) is 35.8 Å². The van der Waals surface area contributed by atoms with Crippen LogP contribution in [0.1, 0.15) is 35.2 Å². The summed E-state index contributed by atoms with van der Waals surface area (Å²) in [5, 5.41) is 0. The molecule has 0 aromatic heterocycles. The van der Waals surface area contributed by atoms with Crippen molar-refractivity contribution in [3.8, 4) is 0 Å². The molecule has 28 heavy (non-hydrogen) atoms. The lowest BCUT2D eigenvalue weighted by Gasteiger charge is -2.35. The summed E-state index contributed by atoms with van der Waals surface area (Å²) in [5.74, 6) is 1.76. The van der Waals surface area contributed by atoms with Crippen LogP contribution in [0, 0.1) is 5.92 Å². The lowest BCUT2D eigenvalue weighted by molar-refractivity contribution is -0.134. The standard InChI is InChI=1S/C23H26N2O2S/c1-2-28-21-11-7-6-10-18(21)22(26)24-12-14-25(15-13-24)23(27)20-16-19(20)17-8-4-3-5-9-17/h3-11,19-20H,2,12-16H2,1H3/t19-,20-/m1/s1. The molecule has 2 aliphatic rings. The van der Waals surface area contributed by atoms with E-state index in [9.17, 15) is 9.59 Å². The zero-order valence-corrected chi connectivity index (χ0v) is 17.0. The molecule has 0 radical (unpaired) electrons. The Morgan fingerprint density at radius 2 is 1.57 bits per heavy atom. The van der Waals surface area contributed by atoms with E-state index < -0.39 is 0 Å². The predicted octanol–water partition coefficient (Wildman–Crippen LogP) is 3.89. The van der Waals surface area contributed by atoms with Crippen molar-refractivity contribution in [2.24, 2.45) is 5.92 Å². The number of carbonyl (C=O) groups is 2. The Morgan fingerprint density at radius 3 is 2.29 bits per heavy atom. The maximum Gasteiger partial charge on any atom is 0.255 e.